The van der Waals surface area contributed by atoms with Gasteiger partial charge in [0.15, 0.2) is 0 Å². The number of carbonyl (C=O) groups is 1. The summed E-state index contributed by atoms with van der Waals surface area (Å²) >= 11 is 5.65. The maximum Gasteiger partial charge on any atom is 0.326 e. The second-order valence-electron chi connectivity index (χ2n) is 5.44. The minimum atomic E-state index is -0.856. The molecule has 0 saturated heterocycles. The van der Waals surface area contributed by atoms with Crippen molar-refractivity contribution in [1.29, 1.82) is 0 Å². The van der Waals surface area contributed by atoms with Gasteiger partial charge in [0.2, 0.25) is 0 Å². The summed E-state index contributed by atoms with van der Waals surface area (Å²) in [4.78, 5) is 14.6. The number of unbranched alkanes of at least 4 members (excludes halogenated alkanes) is 1. The van der Waals surface area contributed by atoms with Crippen molar-refractivity contribution in [2.24, 2.45) is 0 Å². The zero-order valence-electron chi connectivity index (χ0n) is 12.6. The first kappa shape index (κ1) is 17.9. The fourth-order valence-electron chi connectivity index (χ4n) is 2.89. The van der Waals surface area contributed by atoms with E-state index in [1.165, 1.54) is 0 Å². The van der Waals surface area contributed by atoms with E-state index in [-0.39, 0.29) is 12.4 Å². The molecule has 0 bridgehead atoms. The van der Waals surface area contributed by atoms with Crippen molar-refractivity contribution in [2.45, 2.75) is 25.3 Å². The number of fused-ring (bicyclic) bond motifs is 3. The monoisotopic (exact) mass is 358 g/mol. The van der Waals surface area contributed by atoms with Crippen molar-refractivity contribution in [3.05, 3.63) is 29.5 Å². The molecule has 1 aliphatic rings. The summed E-state index contributed by atoms with van der Waals surface area (Å²) in [5.41, 5.74) is 2.79. The van der Waals surface area contributed by atoms with E-state index >= 15 is 0 Å². The molecule has 0 saturated carbocycles. The Morgan fingerprint density at radius 1 is 1.39 bits per heavy atom. The molecule has 1 aromatic heterocycles. The summed E-state index contributed by atoms with van der Waals surface area (Å²) in [5, 5.41) is 13.4. The van der Waals surface area contributed by atoms with Crippen molar-refractivity contribution in [2.75, 3.05) is 19.0 Å². The molecule has 3 N–H and O–H groups in total. The topological polar surface area (TPSA) is 74.4 Å². The van der Waals surface area contributed by atoms with E-state index in [9.17, 15) is 9.90 Å². The van der Waals surface area contributed by atoms with Crippen LogP contribution in [-0.2, 0) is 11.2 Å². The van der Waals surface area contributed by atoms with E-state index in [0.29, 0.717) is 19.0 Å². The van der Waals surface area contributed by atoms with Gasteiger partial charge in [-0.1, -0.05) is 0 Å². The van der Waals surface area contributed by atoms with Crippen molar-refractivity contribution in [1.82, 2.24) is 10.3 Å². The minimum Gasteiger partial charge on any atom is -0.494 e. The Hall–Kier alpha value is -1.43. The number of H-pyrrole nitrogens is 1. The van der Waals surface area contributed by atoms with Gasteiger partial charge < -0.3 is 14.8 Å². The number of benzene rings is 1. The summed E-state index contributed by atoms with van der Waals surface area (Å²) in [7, 11) is 0. The van der Waals surface area contributed by atoms with E-state index in [4.69, 9.17) is 16.3 Å². The molecule has 1 unspecified atom stereocenters. The lowest BCUT2D eigenvalue weighted by Gasteiger charge is -2.20. The van der Waals surface area contributed by atoms with Crippen molar-refractivity contribution in [3.8, 4) is 5.75 Å². The van der Waals surface area contributed by atoms with Crippen LogP contribution >= 0.6 is 24.0 Å². The summed E-state index contributed by atoms with van der Waals surface area (Å²) in [6.07, 6.45) is 2.68. The molecule has 0 amide bonds. The normalized spacial score (nSPS) is 16.7. The summed E-state index contributed by atoms with van der Waals surface area (Å²) in [6.45, 7) is 1.31. The van der Waals surface area contributed by atoms with Crippen LogP contribution in [0.5, 0.6) is 5.75 Å². The number of hydrogen-bond acceptors (Lipinski definition) is 3. The third-order valence-electron chi connectivity index (χ3n) is 3.97. The lowest BCUT2D eigenvalue weighted by Crippen LogP contribution is -2.34. The first-order valence-electron chi connectivity index (χ1n) is 7.50. The number of aromatic amines is 1. The molecule has 1 atom stereocenters. The summed E-state index contributed by atoms with van der Waals surface area (Å²) in [5.74, 6) is 0.608. The predicted octanol–water partition coefficient (Wildman–Crippen LogP) is 3.26. The third-order valence-corrected chi connectivity index (χ3v) is 4.23. The zero-order chi connectivity index (χ0) is 15.5. The minimum absolute atomic E-state index is 0. The Bertz CT molecular complexity index is 687. The molecule has 2 aromatic rings. The number of halogens is 2. The SMILES string of the molecule is Cl.O=C(O)C1NCCc2c1[nH]c1ccc(OCCCCCl)cc21. The highest BCUT2D eigenvalue weighted by atomic mass is 35.5. The molecule has 0 radical (unpaired) electrons. The highest BCUT2D eigenvalue weighted by Gasteiger charge is 2.28. The Morgan fingerprint density at radius 2 is 2.22 bits per heavy atom. The van der Waals surface area contributed by atoms with Gasteiger partial charge in [0, 0.05) is 29.0 Å². The average molecular weight is 359 g/mol. The Balaban J connectivity index is 0.00000192. The Labute approximate surface area is 145 Å². The van der Waals surface area contributed by atoms with Crippen LogP contribution in [-0.4, -0.2) is 35.1 Å². The van der Waals surface area contributed by atoms with Crippen LogP contribution < -0.4 is 10.1 Å². The summed E-state index contributed by atoms with van der Waals surface area (Å²) in [6, 6.07) is 5.19. The number of alkyl halides is 1. The van der Waals surface area contributed by atoms with E-state index in [1.807, 2.05) is 18.2 Å². The number of nitrogens with one attached hydrogen (secondary N) is 2. The van der Waals surface area contributed by atoms with Gasteiger partial charge in [0.05, 0.1) is 6.61 Å². The Morgan fingerprint density at radius 3 is 2.96 bits per heavy atom. The van der Waals surface area contributed by atoms with Crippen molar-refractivity contribution >= 4 is 40.9 Å². The van der Waals surface area contributed by atoms with Crippen molar-refractivity contribution < 1.29 is 14.6 Å². The summed E-state index contributed by atoms with van der Waals surface area (Å²) < 4.78 is 5.75. The average Bonchev–Trinajstić information content (AvgIpc) is 2.89. The van der Waals surface area contributed by atoms with Crippen LogP contribution in [0.15, 0.2) is 18.2 Å². The van der Waals surface area contributed by atoms with E-state index in [0.717, 1.165) is 47.2 Å². The van der Waals surface area contributed by atoms with Gasteiger partial charge >= 0.3 is 5.97 Å². The van der Waals surface area contributed by atoms with Crippen molar-refractivity contribution in [3.63, 3.8) is 0 Å². The van der Waals surface area contributed by atoms with E-state index < -0.39 is 12.0 Å². The van der Waals surface area contributed by atoms with Crippen LogP contribution in [0.2, 0.25) is 0 Å². The molecule has 1 aromatic carbocycles. The van der Waals surface area contributed by atoms with Gasteiger partial charge in [-0.3, -0.25) is 10.1 Å². The molecule has 5 nitrogen and oxygen atoms in total. The highest BCUT2D eigenvalue weighted by Crippen LogP contribution is 2.32. The molecule has 3 rings (SSSR count). The molecule has 7 heteroatoms. The predicted molar refractivity (Wildman–Crippen MR) is 93.1 cm³/mol. The highest BCUT2D eigenvalue weighted by molar-refractivity contribution is 6.17. The van der Waals surface area contributed by atoms with Gasteiger partial charge in [-0.25, -0.2) is 0 Å². The maximum absolute atomic E-state index is 11.3. The van der Waals surface area contributed by atoms with Gasteiger partial charge in [-0.15, -0.1) is 24.0 Å². The molecular formula is C16H20Cl2N2O3. The molecule has 1 aliphatic heterocycles. The molecule has 0 aliphatic carbocycles. The molecule has 126 valence electrons. The van der Waals surface area contributed by atoms with Crippen LogP contribution in [0.1, 0.15) is 30.1 Å². The second kappa shape index (κ2) is 7.90. The standard InChI is InChI=1S/C16H19ClN2O3.ClH/c17-6-1-2-8-22-10-3-4-13-12(9-10)11-5-7-18-15(16(20)21)14(11)19-13;/h3-4,9,15,18-19H,1-2,5-8H2,(H,20,21);1H. The molecule has 2 heterocycles. The second-order valence-corrected chi connectivity index (χ2v) is 5.82. The first-order chi connectivity index (χ1) is 10.7. The van der Waals surface area contributed by atoms with Gasteiger partial charge in [0.25, 0.3) is 0 Å². The number of carboxylic acids is 1. The van der Waals surface area contributed by atoms with E-state index in [1.54, 1.807) is 0 Å². The largest absolute Gasteiger partial charge is 0.494 e. The van der Waals surface area contributed by atoms with Gasteiger partial charge in [-0.05, 0) is 43.0 Å². The number of aliphatic carboxylic acids is 1. The van der Waals surface area contributed by atoms with E-state index in [2.05, 4.69) is 10.3 Å². The van der Waals surface area contributed by atoms with Crippen LogP contribution in [0.25, 0.3) is 10.9 Å². The lowest BCUT2D eigenvalue weighted by molar-refractivity contribution is -0.139. The number of aromatic nitrogens is 1. The Kier molecular flexibility index (Phi) is 6.16. The number of ether oxygens (including phenoxy) is 1. The van der Waals surface area contributed by atoms with Crippen LogP contribution in [0.3, 0.4) is 0 Å². The molecular weight excluding hydrogens is 339 g/mol. The van der Waals surface area contributed by atoms with Crippen LogP contribution in [0, 0.1) is 0 Å². The van der Waals surface area contributed by atoms with Crippen LogP contribution in [0.4, 0.5) is 0 Å². The lowest BCUT2D eigenvalue weighted by atomic mass is 9.99. The molecule has 0 fully saturated rings. The smallest absolute Gasteiger partial charge is 0.326 e. The van der Waals surface area contributed by atoms with Gasteiger partial charge in [0.1, 0.15) is 11.8 Å². The number of rotatable bonds is 6. The van der Waals surface area contributed by atoms with Gasteiger partial charge in [-0.2, -0.15) is 0 Å². The zero-order valence-corrected chi connectivity index (χ0v) is 14.2. The maximum atomic E-state index is 11.3. The first-order valence-corrected chi connectivity index (χ1v) is 8.03. The third kappa shape index (κ3) is 3.74. The fourth-order valence-corrected chi connectivity index (χ4v) is 3.08. The fraction of sp³-hybridized carbons (Fsp3) is 0.438. The molecule has 0 spiro atoms. The molecule has 23 heavy (non-hydrogen) atoms. The number of hydrogen-bond donors (Lipinski definition) is 3. The quantitative estimate of drug-likeness (QED) is 0.547. The number of carboxylic acid groups (broad SMARTS) is 1.